The quantitative estimate of drug-likeness (QED) is 0.428. The number of carboxylic acids is 1. The second-order valence-corrected chi connectivity index (χ2v) is 7.01. The Hall–Kier alpha value is -2.41. The average molecular weight is 378 g/mol. The molecule has 1 unspecified atom stereocenters. The number of aliphatic hydroxyl groups is 1. The number of carbonyl (C=O) groups excluding carboxylic acids is 2. The lowest BCUT2D eigenvalue weighted by Gasteiger charge is -2.24. The lowest BCUT2D eigenvalue weighted by atomic mass is 9.85. The first-order chi connectivity index (χ1) is 12.7. The van der Waals surface area contributed by atoms with Crippen LogP contribution in [0.2, 0.25) is 0 Å². The number of aliphatic hydroxyl groups excluding tert-OH is 1. The Morgan fingerprint density at radius 2 is 2.15 bits per heavy atom. The number of hydrogen-bond acceptors (Lipinski definition) is 6. The molecule has 1 saturated heterocycles. The van der Waals surface area contributed by atoms with E-state index in [1.54, 1.807) is 13.0 Å². The van der Waals surface area contributed by atoms with Crippen molar-refractivity contribution >= 4 is 17.9 Å². The van der Waals surface area contributed by atoms with Crippen LogP contribution in [0.3, 0.4) is 0 Å². The maximum atomic E-state index is 11.9. The molecule has 2 rings (SSSR count). The highest BCUT2D eigenvalue weighted by Crippen LogP contribution is 2.34. The normalized spacial score (nSPS) is 30.9. The largest absolute Gasteiger partial charge is 0.478 e. The molecule has 1 aliphatic heterocycles. The summed E-state index contributed by atoms with van der Waals surface area (Å²) >= 11 is 0. The number of esters is 2. The molecule has 0 saturated carbocycles. The maximum Gasteiger partial charge on any atom is 0.334 e. The predicted molar refractivity (Wildman–Crippen MR) is 96.6 cm³/mol. The van der Waals surface area contributed by atoms with Crippen molar-refractivity contribution in [1.82, 2.24) is 0 Å². The SMILES string of the molecule is C=C1C(=O)O[C@@H]2/C=C(/C(=O)O)CC/C=C(/COC(=O)C(C)CC)C[C@@H](O)[C@@H]12. The van der Waals surface area contributed by atoms with E-state index in [2.05, 4.69) is 6.58 Å². The summed E-state index contributed by atoms with van der Waals surface area (Å²) in [7, 11) is 0. The molecule has 1 fully saturated rings. The highest BCUT2D eigenvalue weighted by Gasteiger charge is 2.42. The van der Waals surface area contributed by atoms with Gasteiger partial charge in [-0.25, -0.2) is 9.59 Å². The van der Waals surface area contributed by atoms with Crippen LogP contribution in [0.15, 0.2) is 35.5 Å². The van der Waals surface area contributed by atoms with Gasteiger partial charge in [0.15, 0.2) is 0 Å². The summed E-state index contributed by atoms with van der Waals surface area (Å²) in [4.78, 5) is 35.3. The fourth-order valence-electron chi connectivity index (χ4n) is 3.16. The summed E-state index contributed by atoms with van der Waals surface area (Å²) in [5.74, 6) is -3.02. The first kappa shape index (κ1) is 20.9. The Bertz CT molecular complexity index is 688. The first-order valence-corrected chi connectivity index (χ1v) is 9.10. The van der Waals surface area contributed by atoms with Crippen molar-refractivity contribution in [1.29, 1.82) is 0 Å². The third-order valence-electron chi connectivity index (χ3n) is 5.05. The van der Waals surface area contributed by atoms with Crippen LogP contribution in [0.4, 0.5) is 0 Å². The minimum Gasteiger partial charge on any atom is -0.478 e. The van der Waals surface area contributed by atoms with Gasteiger partial charge in [0, 0.05) is 11.1 Å². The van der Waals surface area contributed by atoms with Gasteiger partial charge < -0.3 is 19.7 Å². The summed E-state index contributed by atoms with van der Waals surface area (Å²) in [5.41, 5.74) is 0.899. The standard InChI is InChI=1S/C20H26O7/c1-4-11(2)19(24)26-10-13-6-5-7-14(18(22)23)9-16-17(15(21)8-13)12(3)20(25)27-16/h6,9,11,15-17,21H,3-5,7-8,10H2,1-2H3,(H,22,23)/b13-6+,14-9+/t11?,15-,16-,17-/m1/s1. The average Bonchev–Trinajstić information content (AvgIpc) is 2.90. The number of hydrogen-bond donors (Lipinski definition) is 2. The van der Waals surface area contributed by atoms with Gasteiger partial charge in [0.1, 0.15) is 12.7 Å². The lowest BCUT2D eigenvalue weighted by molar-refractivity contribution is -0.147. The Morgan fingerprint density at radius 1 is 1.44 bits per heavy atom. The van der Waals surface area contributed by atoms with Crippen molar-refractivity contribution in [3.05, 3.63) is 35.5 Å². The number of fused-ring (bicyclic) bond motifs is 1. The molecule has 7 nitrogen and oxygen atoms in total. The molecule has 0 radical (unpaired) electrons. The van der Waals surface area contributed by atoms with E-state index in [-0.39, 0.29) is 42.5 Å². The Morgan fingerprint density at radius 3 is 2.78 bits per heavy atom. The third kappa shape index (κ3) is 5.07. The molecule has 2 aliphatic rings. The van der Waals surface area contributed by atoms with Gasteiger partial charge in [0.25, 0.3) is 0 Å². The van der Waals surface area contributed by atoms with Crippen molar-refractivity contribution < 1.29 is 34.1 Å². The smallest absolute Gasteiger partial charge is 0.334 e. The minimum atomic E-state index is -1.10. The van der Waals surface area contributed by atoms with E-state index in [1.807, 2.05) is 6.92 Å². The van der Waals surface area contributed by atoms with Crippen LogP contribution < -0.4 is 0 Å². The highest BCUT2D eigenvalue weighted by atomic mass is 16.6. The second kappa shape index (κ2) is 8.99. The number of aliphatic carboxylic acids is 1. The molecular weight excluding hydrogens is 352 g/mol. The molecule has 7 heteroatoms. The topological polar surface area (TPSA) is 110 Å². The molecule has 2 N–H and O–H groups in total. The number of rotatable bonds is 5. The van der Waals surface area contributed by atoms with Gasteiger partial charge in [-0.15, -0.1) is 0 Å². The van der Waals surface area contributed by atoms with Crippen molar-refractivity contribution in [2.75, 3.05) is 6.61 Å². The summed E-state index contributed by atoms with van der Waals surface area (Å²) in [6.45, 7) is 7.37. The summed E-state index contributed by atoms with van der Waals surface area (Å²) in [6, 6.07) is 0. The van der Waals surface area contributed by atoms with Crippen LogP contribution in [0.25, 0.3) is 0 Å². The van der Waals surface area contributed by atoms with Gasteiger partial charge in [-0.2, -0.15) is 0 Å². The van der Waals surface area contributed by atoms with Crippen LogP contribution in [0.5, 0.6) is 0 Å². The van der Waals surface area contributed by atoms with E-state index >= 15 is 0 Å². The molecule has 27 heavy (non-hydrogen) atoms. The third-order valence-corrected chi connectivity index (χ3v) is 5.05. The molecule has 0 aromatic rings. The van der Waals surface area contributed by atoms with Crippen molar-refractivity contribution in [2.24, 2.45) is 11.8 Å². The lowest BCUT2D eigenvalue weighted by Crippen LogP contribution is -2.30. The molecule has 0 spiro atoms. The zero-order valence-corrected chi connectivity index (χ0v) is 15.6. The van der Waals surface area contributed by atoms with Gasteiger partial charge in [-0.1, -0.05) is 26.5 Å². The van der Waals surface area contributed by atoms with E-state index in [0.717, 1.165) is 0 Å². The number of carbonyl (C=O) groups is 3. The van der Waals surface area contributed by atoms with E-state index in [4.69, 9.17) is 9.47 Å². The monoisotopic (exact) mass is 378 g/mol. The molecule has 0 amide bonds. The number of ether oxygens (including phenoxy) is 2. The van der Waals surface area contributed by atoms with E-state index in [9.17, 15) is 24.6 Å². The highest BCUT2D eigenvalue weighted by molar-refractivity contribution is 5.92. The van der Waals surface area contributed by atoms with Gasteiger partial charge >= 0.3 is 17.9 Å². The molecule has 148 valence electrons. The Balaban J connectivity index is 2.23. The predicted octanol–water partition coefficient (Wildman–Crippen LogP) is 2.16. The molecule has 1 heterocycles. The summed E-state index contributed by atoms with van der Waals surface area (Å²) in [5, 5.41) is 20.0. The zero-order chi connectivity index (χ0) is 20.1. The number of carboxylic acid groups (broad SMARTS) is 1. The van der Waals surface area contributed by atoms with Gasteiger partial charge in [0.2, 0.25) is 0 Å². The molecule has 1 aliphatic carbocycles. The molecule has 4 atom stereocenters. The van der Waals surface area contributed by atoms with Gasteiger partial charge in [-0.3, -0.25) is 4.79 Å². The van der Waals surface area contributed by atoms with Crippen molar-refractivity contribution in [3.63, 3.8) is 0 Å². The molecule has 0 aromatic heterocycles. The fraction of sp³-hybridized carbons (Fsp3) is 0.550. The van der Waals surface area contributed by atoms with E-state index < -0.39 is 30.1 Å². The van der Waals surface area contributed by atoms with Crippen LogP contribution in [0.1, 0.15) is 39.5 Å². The number of allylic oxidation sites excluding steroid dienone is 1. The minimum absolute atomic E-state index is 0.0189. The first-order valence-electron chi connectivity index (χ1n) is 9.10. The molecule has 0 aromatic carbocycles. The maximum absolute atomic E-state index is 11.9. The van der Waals surface area contributed by atoms with Crippen LogP contribution in [0, 0.1) is 11.8 Å². The molecule has 0 bridgehead atoms. The van der Waals surface area contributed by atoms with Crippen LogP contribution in [-0.2, 0) is 23.9 Å². The van der Waals surface area contributed by atoms with E-state index in [1.165, 1.54) is 6.08 Å². The summed E-state index contributed by atoms with van der Waals surface area (Å²) < 4.78 is 10.5. The fourth-order valence-corrected chi connectivity index (χ4v) is 3.16. The van der Waals surface area contributed by atoms with Gasteiger partial charge in [-0.05, 0) is 37.3 Å². The molecular formula is C20H26O7. The van der Waals surface area contributed by atoms with Crippen molar-refractivity contribution in [3.8, 4) is 0 Å². The Kier molecular flexibility index (Phi) is 6.96. The van der Waals surface area contributed by atoms with Crippen LogP contribution >= 0.6 is 0 Å². The Labute approximate surface area is 158 Å². The van der Waals surface area contributed by atoms with Crippen molar-refractivity contribution in [2.45, 2.75) is 51.7 Å². The zero-order valence-electron chi connectivity index (χ0n) is 15.6. The van der Waals surface area contributed by atoms with E-state index in [0.29, 0.717) is 18.4 Å². The second-order valence-electron chi connectivity index (χ2n) is 7.01. The van der Waals surface area contributed by atoms with Crippen LogP contribution in [-0.4, -0.2) is 46.9 Å². The van der Waals surface area contributed by atoms with Gasteiger partial charge in [0.05, 0.1) is 17.9 Å². The summed E-state index contributed by atoms with van der Waals surface area (Å²) in [6.07, 6.45) is 2.78.